The van der Waals surface area contributed by atoms with Crippen LogP contribution in [0.2, 0.25) is 0 Å². The number of carbonyl (C=O) groups excluding carboxylic acids is 2. The molecule has 3 aliphatic rings. The highest BCUT2D eigenvalue weighted by Gasteiger charge is 2.33. The van der Waals surface area contributed by atoms with Crippen LogP contribution in [0.15, 0.2) is 46.2 Å². The molecule has 1 saturated carbocycles. The number of fused-ring (bicyclic) bond motifs is 1. The summed E-state index contributed by atoms with van der Waals surface area (Å²) in [7, 11) is 0. The maximum Gasteiger partial charge on any atom is 0.414 e. The minimum absolute atomic E-state index is 0.0192. The Kier molecular flexibility index (Phi) is 7.89. The van der Waals surface area contributed by atoms with Gasteiger partial charge in [0.05, 0.1) is 23.4 Å². The zero-order chi connectivity index (χ0) is 30.4. The molecule has 1 amide bonds. The molecule has 6 rings (SSSR count). The third-order valence-corrected chi connectivity index (χ3v) is 9.66. The summed E-state index contributed by atoms with van der Waals surface area (Å²) in [6.07, 6.45) is 4.24. The molecule has 0 bridgehead atoms. The van der Waals surface area contributed by atoms with Gasteiger partial charge in [0.1, 0.15) is 29.1 Å². The Balaban J connectivity index is 1.12. The van der Waals surface area contributed by atoms with E-state index in [2.05, 4.69) is 0 Å². The van der Waals surface area contributed by atoms with Crippen LogP contribution in [0.4, 0.5) is 25.0 Å². The smallest absolute Gasteiger partial charge is 0.414 e. The lowest BCUT2D eigenvalue weighted by Gasteiger charge is -2.34. The van der Waals surface area contributed by atoms with Crippen molar-refractivity contribution in [2.24, 2.45) is 0 Å². The van der Waals surface area contributed by atoms with Crippen LogP contribution in [0.3, 0.4) is 0 Å². The summed E-state index contributed by atoms with van der Waals surface area (Å²) in [6, 6.07) is 7.56. The maximum atomic E-state index is 15.3. The molecule has 1 atom stereocenters. The van der Waals surface area contributed by atoms with Gasteiger partial charge in [-0.25, -0.2) is 18.4 Å². The number of pyridine rings is 1. The SMILES string of the molecule is CC(=O)CC[C@H]1CN(c2ccc(SC3CCN(c4cc5c(cc4F)c(=O)c(C(=O)O)cn5C4CC4)CC3)c(F)c2)C(=O)O1. The number of aromatic nitrogens is 1. The summed E-state index contributed by atoms with van der Waals surface area (Å²) in [4.78, 5) is 51.7. The molecular formula is C31H31F2N3O6S. The number of anilines is 2. The van der Waals surface area contributed by atoms with E-state index >= 15 is 8.78 Å². The van der Waals surface area contributed by atoms with Crippen molar-refractivity contribution in [3.05, 3.63) is 63.9 Å². The second-order valence-electron chi connectivity index (χ2n) is 11.4. The molecule has 2 aromatic carbocycles. The minimum atomic E-state index is -1.33. The number of carbonyl (C=O) groups is 3. The van der Waals surface area contributed by atoms with Gasteiger partial charge >= 0.3 is 12.1 Å². The topological polar surface area (TPSA) is 109 Å². The van der Waals surface area contributed by atoms with Crippen molar-refractivity contribution >= 4 is 51.9 Å². The monoisotopic (exact) mass is 611 g/mol. The number of carboxylic acid groups (broad SMARTS) is 1. The molecule has 12 heteroatoms. The van der Waals surface area contributed by atoms with E-state index < -0.39 is 35.2 Å². The zero-order valence-corrected chi connectivity index (χ0v) is 24.4. The Morgan fingerprint density at radius 2 is 1.79 bits per heavy atom. The highest BCUT2D eigenvalue weighted by atomic mass is 32.2. The molecule has 2 saturated heterocycles. The van der Waals surface area contributed by atoms with Crippen molar-refractivity contribution in [2.45, 2.75) is 67.7 Å². The molecule has 9 nitrogen and oxygen atoms in total. The van der Waals surface area contributed by atoms with Gasteiger partial charge in [0.2, 0.25) is 5.43 Å². The number of amides is 1. The molecule has 3 heterocycles. The Morgan fingerprint density at radius 3 is 2.44 bits per heavy atom. The number of thioether (sulfide) groups is 1. The van der Waals surface area contributed by atoms with Gasteiger partial charge in [0.15, 0.2) is 0 Å². The van der Waals surface area contributed by atoms with Crippen LogP contribution < -0.4 is 15.2 Å². The summed E-state index contributed by atoms with van der Waals surface area (Å²) in [5.41, 5.74) is 0.238. The summed E-state index contributed by atoms with van der Waals surface area (Å²) in [5, 5.41) is 9.63. The summed E-state index contributed by atoms with van der Waals surface area (Å²) < 4.78 is 37.6. The molecular weight excluding hydrogens is 580 g/mol. The molecule has 226 valence electrons. The summed E-state index contributed by atoms with van der Waals surface area (Å²) in [6.45, 7) is 2.81. The first-order valence-electron chi connectivity index (χ1n) is 14.4. The van der Waals surface area contributed by atoms with Gasteiger partial charge in [0.25, 0.3) is 0 Å². The summed E-state index contributed by atoms with van der Waals surface area (Å²) in [5.74, 6) is -2.33. The van der Waals surface area contributed by atoms with E-state index in [4.69, 9.17) is 4.74 Å². The number of hydrogen-bond acceptors (Lipinski definition) is 7. The van der Waals surface area contributed by atoms with E-state index in [0.29, 0.717) is 60.6 Å². The number of aromatic carboxylic acids is 1. The highest BCUT2D eigenvalue weighted by Crippen LogP contribution is 2.39. The van der Waals surface area contributed by atoms with Gasteiger partial charge in [-0.05, 0) is 69.4 Å². The largest absolute Gasteiger partial charge is 0.477 e. The lowest BCUT2D eigenvalue weighted by molar-refractivity contribution is -0.117. The second-order valence-corrected chi connectivity index (χ2v) is 12.8. The van der Waals surface area contributed by atoms with Crippen molar-refractivity contribution in [1.29, 1.82) is 0 Å². The Hall–Kier alpha value is -3.93. The zero-order valence-electron chi connectivity index (χ0n) is 23.6. The number of piperidine rings is 1. The molecule has 1 N–H and O–H groups in total. The number of ether oxygens (including phenoxy) is 1. The standard InChI is InChI=1S/C31H31F2N3O6S/c1-17(37)2-6-20-15-36(31(41)42-20)19-5-7-28(25(33)12-19)43-21-8-10-34(11-9-21)27-14-26-22(13-24(27)32)29(38)23(30(39)40)16-35(26)18-3-4-18/h5,7,12-14,16,18,20-21H,2-4,6,8-11,15H2,1H3,(H,39,40)/t20-/m0/s1. The number of ketones is 1. The van der Waals surface area contributed by atoms with Gasteiger partial charge in [0, 0.05) is 47.3 Å². The number of benzene rings is 2. The fourth-order valence-corrected chi connectivity index (χ4v) is 6.93. The summed E-state index contributed by atoms with van der Waals surface area (Å²) >= 11 is 1.41. The molecule has 43 heavy (non-hydrogen) atoms. The van der Waals surface area contributed by atoms with Gasteiger partial charge in [-0.1, -0.05) is 0 Å². The number of halogens is 2. The van der Waals surface area contributed by atoms with Crippen LogP contribution in [-0.2, 0) is 9.53 Å². The van der Waals surface area contributed by atoms with Crippen molar-refractivity contribution in [3.63, 3.8) is 0 Å². The average Bonchev–Trinajstić information content (AvgIpc) is 3.75. The van der Waals surface area contributed by atoms with Gasteiger partial charge in [-0.2, -0.15) is 0 Å². The molecule has 1 aliphatic carbocycles. The van der Waals surface area contributed by atoms with Gasteiger partial charge < -0.3 is 24.1 Å². The van der Waals surface area contributed by atoms with Crippen molar-refractivity contribution in [2.75, 3.05) is 29.4 Å². The van der Waals surface area contributed by atoms with Crippen LogP contribution in [0, 0.1) is 11.6 Å². The molecule has 3 fully saturated rings. The molecule has 0 spiro atoms. The van der Waals surface area contributed by atoms with Crippen molar-refractivity contribution < 1.29 is 33.0 Å². The Bertz CT molecular complexity index is 1680. The lowest BCUT2D eigenvalue weighted by Crippen LogP contribution is -2.35. The fraction of sp³-hybridized carbons (Fsp3) is 0.419. The fourth-order valence-electron chi connectivity index (χ4n) is 5.80. The second kappa shape index (κ2) is 11.6. The number of cyclic esters (lactones) is 1. The molecule has 1 aromatic heterocycles. The van der Waals surface area contributed by atoms with Gasteiger partial charge in [-0.15, -0.1) is 11.8 Å². The van der Waals surface area contributed by atoms with E-state index in [1.54, 1.807) is 22.8 Å². The van der Waals surface area contributed by atoms with Crippen molar-refractivity contribution in [1.82, 2.24) is 4.57 Å². The normalized spacial score (nSPS) is 19.2. The molecule has 0 radical (unpaired) electrons. The third kappa shape index (κ3) is 5.97. The van der Waals surface area contributed by atoms with E-state index in [0.717, 1.165) is 18.9 Å². The predicted molar refractivity (Wildman–Crippen MR) is 158 cm³/mol. The third-order valence-electron chi connectivity index (χ3n) is 8.27. The first-order chi connectivity index (χ1) is 20.6. The van der Waals surface area contributed by atoms with Crippen LogP contribution in [0.5, 0.6) is 0 Å². The molecule has 2 aliphatic heterocycles. The quantitative estimate of drug-likeness (QED) is 0.325. The lowest BCUT2D eigenvalue weighted by atomic mass is 10.1. The van der Waals surface area contributed by atoms with E-state index in [1.807, 2.05) is 4.90 Å². The number of carboxylic acids is 1. The number of Topliss-reactive ketones (excluding diaryl/α,β-unsaturated/α-hetero) is 1. The number of nitrogens with zero attached hydrogens (tertiary/aromatic N) is 3. The molecule has 0 unspecified atom stereocenters. The first-order valence-corrected chi connectivity index (χ1v) is 15.3. The number of rotatable bonds is 9. The van der Waals surface area contributed by atoms with Gasteiger partial charge in [-0.3, -0.25) is 9.69 Å². The highest BCUT2D eigenvalue weighted by molar-refractivity contribution is 8.00. The van der Waals surface area contributed by atoms with Crippen molar-refractivity contribution in [3.8, 4) is 0 Å². The minimum Gasteiger partial charge on any atom is -0.477 e. The maximum absolute atomic E-state index is 15.3. The van der Waals surface area contributed by atoms with E-state index in [-0.39, 0.29) is 34.6 Å². The van der Waals surface area contributed by atoms with E-state index in [9.17, 15) is 24.3 Å². The van der Waals surface area contributed by atoms with Crippen LogP contribution >= 0.6 is 11.8 Å². The number of hydrogen-bond donors (Lipinski definition) is 1. The predicted octanol–water partition coefficient (Wildman–Crippen LogP) is 5.77. The van der Waals surface area contributed by atoms with Crippen LogP contribution in [0.25, 0.3) is 10.9 Å². The first kappa shape index (κ1) is 29.2. The van der Waals surface area contributed by atoms with Crippen LogP contribution in [-0.4, -0.2) is 58.5 Å². The Morgan fingerprint density at radius 1 is 1.05 bits per heavy atom. The van der Waals surface area contributed by atoms with E-state index in [1.165, 1.54) is 35.8 Å². The average molecular weight is 612 g/mol. The van der Waals surface area contributed by atoms with Crippen LogP contribution in [0.1, 0.15) is 61.8 Å². The Labute approximate surface area is 250 Å². The molecule has 3 aromatic rings.